The van der Waals surface area contributed by atoms with E-state index in [0.717, 1.165) is 6.07 Å². The largest absolute Gasteiger partial charge is 0.477 e. The topological polar surface area (TPSA) is 99.3 Å². The van der Waals surface area contributed by atoms with Gasteiger partial charge in [-0.3, -0.25) is 9.59 Å². The SMILES string of the molecule is CC(=O)Nc1cc(C(=O)O)[nH]c(=O)c1. The summed E-state index contributed by atoms with van der Waals surface area (Å²) in [5, 5.41) is 10.9. The number of rotatable bonds is 2. The number of pyridine rings is 1. The van der Waals surface area contributed by atoms with Crippen LogP contribution in [0.25, 0.3) is 0 Å². The molecule has 0 bridgehead atoms. The van der Waals surface area contributed by atoms with Crippen LogP contribution in [0.3, 0.4) is 0 Å². The van der Waals surface area contributed by atoms with Crippen LogP contribution in [-0.2, 0) is 4.79 Å². The number of hydrogen-bond donors (Lipinski definition) is 3. The Labute approximate surface area is 78.6 Å². The molecule has 0 aliphatic rings. The Morgan fingerprint density at radius 3 is 2.57 bits per heavy atom. The van der Waals surface area contributed by atoms with E-state index in [-0.39, 0.29) is 17.3 Å². The Balaban J connectivity index is 3.13. The zero-order valence-electron chi connectivity index (χ0n) is 7.33. The van der Waals surface area contributed by atoms with Crippen molar-refractivity contribution in [3.8, 4) is 0 Å². The number of anilines is 1. The molecule has 1 heterocycles. The number of aromatic carboxylic acids is 1. The Bertz CT molecular complexity index is 435. The van der Waals surface area contributed by atoms with Gasteiger partial charge in [0.05, 0.1) is 0 Å². The van der Waals surface area contributed by atoms with Gasteiger partial charge in [-0.05, 0) is 6.07 Å². The van der Waals surface area contributed by atoms with Gasteiger partial charge < -0.3 is 15.4 Å². The molecule has 0 saturated carbocycles. The van der Waals surface area contributed by atoms with Gasteiger partial charge in [0.15, 0.2) is 0 Å². The first-order valence-corrected chi connectivity index (χ1v) is 3.74. The predicted octanol–water partition coefficient (Wildman–Crippen LogP) is 0.0315. The summed E-state index contributed by atoms with van der Waals surface area (Å²) in [6.07, 6.45) is 0. The summed E-state index contributed by atoms with van der Waals surface area (Å²) in [5.41, 5.74) is -0.673. The normalized spacial score (nSPS) is 9.50. The number of aromatic amines is 1. The molecule has 0 spiro atoms. The lowest BCUT2D eigenvalue weighted by atomic mass is 10.3. The smallest absolute Gasteiger partial charge is 0.352 e. The van der Waals surface area contributed by atoms with Crippen LogP contribution >= 0.6 is 0 Å². The molecule has 6 nitrogen and oxygen atoms in total. The molecule has 0 aliphatic heterocycles. The third-order valence-corrected chi connectivity index (χ3v) is 1.40. The van der Waals surface area contributed by atoms with Crippen molar-refractivity contribution in [2.24, 2.45) is 0 Å². The zero-order valence-corrected chi connectivity index (χ0v) is 7.33. The van der Waals surface area contributed by atoms with E-state index < -0.39 is 11.5 Å². The molecule has 1 amide bonds. The zero-order chi connectivity index (χ0) is 10.7. The van der Waals surface area contributed by atoms with Gasteiger partial charge in [-0.1, -0.05) is 0 Å². The molecule has 0 aromatic carbocycles. The molecule has 0 unspecified atom stereocenters. The lowest BCUT2D eigenvalue weighted by molar-refractivity contribution is -0.114. The highest BCUT2D eigenvalue weighted by molar-refractivity contribution is 5.91. The minimum atomic E-state index is -1.26. The molecule has 14 heavy (non-hydrogen) atoms. The van der Waals surface area contributed by atoms with Crippen molar-refractivity contribution < 1.29 is 14.7 Å². The fourth-order valence-electron chi connectivity index (χ4n) is 0.934. The Kier molecular flexibility index (Phi) is 2.66. The van der Waals surface area contributed by atoms with Crippen LogP contribution < -0.4 is 10.9 Å². The second kappa shape index (κ2) is 3.73. The Hall–Kier alpha value is -2.11. The molecule has 0 saturated heterocycles. The van der Waals surface area contributed by atoms with Crippen molar-refractivity contribution in [1.82, 2.24) is 4.98 Å². The van der Waals surface area contributed by atoms with Crippen LogP contribution in [0, 0.1) is 0 Å². The van der Waals surface area contributed by atoms with Crippen LogP contribution in [0.1, 0.15) is 17.4 Å². The van der Waals surface area contributed by atoms with Crippen molar-refractivity contribution in [3.05, 3.63) is 28.2 Å². The van der Waals surface area contributed by atoms with Crippen molar-refractivity contribution >= 4 is 17.6 Å². The summed E-state index contributed by atoms with van der Waals surface area (Å²) in [6.45, 7) is 1.27. The van der Waals surface area contributed by atoms with Crippen LogP contribution in [0.5, 0.6) is 0 Å². The lowest BCUT2D eigenvalue weighted by Gasteiger charge is -2.01. The number of hydrogen-bond acceptors (Lipinski definition) is 3. The summed E-state index contributed by atoms with van der Waals surface area (Å²) in [4.78, 5) is 34.2. The van der Waals surface area contributed by atoms with Gasteiger partial charge >= 0.3 is 5.97 Å². The van der Waals surface area contributed by atoms with E-state index >= 15 is 0 Å². The lowest BCUT2D eigenvalue weighted by Crippen LogP contribution is -2.15. The third kappa shape index (κ3) is 2.44. The summed E-state index contributed by atoms with van der Waals surface area (Å²) in [5.74, 6) is -1.62. The molecule has 0 aliphatic carbocycles. The fourth-order valence-corrected chi connectivity index (χ4v) is 0.934. The maximum Gasteiger partial charge on any atom is 0.352 e. The number of carbonyl (C=O) groups excluding carboxylic acids is 1. The van der Waals surface area contributed by atoms with E-state index in [4.69, 9.17) is 5.11 Å². The van der Waals surface area contributed by atoms with E-state index in [9.17, 15) is 14.4 Å². The van der Waals surface area contributed by atoms with Gasteiger partial charge in [0.2, 0.25) is 5.91 Å². The van der Waals surface area contributed by atoms with Crippen molar-refractivity contribution in [1.29, 1.82) is 0 Å². The average molecular weight is 196 g/mol. The highest BCUT2D eigenvalue weighted by Gasteiger charge is 2.06. The molecular weight excluding hydrogens is 188 g/mol. The fraction of sp³-hybridized carbons (Fsp3) is 0.125. The van der Waals surface area contributed by atoms with Crippen molar-refractivity contribution in [2.45, 2.75) is 6.92 Å². The number of amides is 1. The molecule has 1 aromatic rings. The van der Waals surface area contributed by atoms with Crippen LogP contribution in [-0.4, -0.2) is 22.0 Å². The first-order valence-electron chi connectivity index (χ1n) is 3.74. The van der Waals surface area contributed by atoms with Gasteiger partial charge in [0.25, 0.3) is 5.56 Å². The van der Waals surface area contributed by atoms with Crippen LogP contribution in [0.4, 0.5) is 5.69 Å². The highest BCUT2D eigenvalue weighted by atomic mass is 16.4. The van der Waals surface area contributed by atoms with Gasteiger partial charge in [0.1, 0.15) is 5.69 Å². The second-order valence-corrected chi connectivity index (χ2v) is 2.63. The standard InChI is InChI=1S/C8H8N2O4/c1-4(11)9-5-2-6(8(13)14)10-7(12)3-5/h2-3H,1H3,(H,13,14)(H2,9,10,11,12). The number of aromatic nitrogens is 1. The number of H-pyrrole nitrogens is 1. The van der Waals surface area contributed by atoms with Gasteiger partial charge in [0, 0.05) is 18.7 Å². The summed E-state index contributed by atoms with van der Waals surface area (Å²) < 4.78 is 0. The molecule has 0 fully saturated rings. The first-order chi connectivity index (χ1) is 6.49. The quantitative estimate of drug-likeness (QED) is 0.621. The van der Waals surface area contributed by atoms with Crippen molar-refractivity contribution in [3.63, 3.8) is 0 Å². The van der Waals surface area contributed by atoms with Crippen LogP contribution in [0.15, 0.2) is 16.9 Å². The number of carbonyl (C=O) groups is 2. The Morgan fingerprint density at radius 2 is 2.07 bits per heavy atom. The molecule has 0 radical (unpaired) electrons. The minimum Gasteiger partial charge on any atom is -0.477 e. The van der Waals surface area contributed by atoms with E-state index in [1.807, 2.05) is 0 Å². The van der Waals surface area contributed by atoms with Gasteiger partial charge in [-0.2, -0.15) is 0 Å². The third-order valence-electron chi connectivity index (χ3n) is 1.40. The molecule has 3 N–H and O–H groups in total. The van der Waals surface area contributed by atoms with E-state index in [1.165, 1.54) is 13.0 Å². The average Bonchev–Trinajstić information content (AvgIpc) is 2.01. The summed E-state index contributed by atoms with van der Waals surface area (Å²) in [7, 11) is 0. The molecule has 74 valence electrons. The number of nitrogens with one attached hydrogen (secondary N) is 2. The molecule has 1 aromatic heterocycles. The van der Waals surface area contributed by atoms with Crippen LogP contribution in [0.2, 0.25) is 0 Å². The van der Waals surface area contributed by atoms with Gasteiger partial charge in [-0.25, -0.2) is 4.79 Å². The van der Waals surface area contributed by atoms with E-state index in [2.05, 4.69) is 10.3 Å². The molecule has 0 atom stereocenters. The minimum absolute atomic E-state index is 0.165. The molecular formula is C8H8N2O4. The monoisotopic (exact) mass is 196 g/mol. The molecule has 6 heteroatoms. The maximum absolute atomic E-state index is 10.9. The Morgan fingerprint density at radius 1 is 1.43 bits per heavy atom. The van der Waals surface area contributed by atoms with E-state index in [1.54, 1.807) is 0 Å². The summed E-state index contributed by atoms with van der Waals surface area (Å²) >= 11 is 0. The molecule has 1 rings (SSSR count). The van der Waals surface area contributed by atoms with Crippen molar-refractivity contribution in [2.75, 3.05) is 5.32 Å². The summed E-state index contributed by atoms with van der Waals surface area (Å²) in [6, 6.07) is 2.28. The first kappa shape index (κ1) is 9.97. The van der Waals surface area contributed by atoms with E-state index in [0.29, 0.717) is 0 Å². The highest BCUT2D eigenvalue weighted by Crippen LogP contribution is 2.04. The maximum atomic E-state index is 10.9. The number of carboxylic acids is 1. The predicted molar refractivity (Wildman–Crippen MR) is 48.3 cm³/mol. The second-order valence-electron chi connectivity index (χ2n) is 2.63. The number of carboxylic acid groups (broad SMARTS) is 1. The van der Waals surface area contributed by atoms with Gasteiger partial charge in [-0.15, -0.1) is 0 Å².